The van der Waals surface area contributed by atoms with Gasteiger partial charge in [-0.3, -0.25) is 4.98 Å². The van der Waals surface area contributed by atoms with E-state index >= 15 is 0 Å². The Morgan fingerprint density at radius 1 is 1.15 bits per heavy atom. The van der Waals surface area contributed by atoms with Gasteiger partial charge in [0, 0.05) is 53.5 Å². The van der Waals surface area contributed by atoms with Crippen LogP contribution in [0, 0.1) is 0 Å². The zero-order chi connectivity index (χ0) is 19.0. The van der Waals surface area contributed by atoms with E-state index in [0.717, 1.165) is 38.5 Å². The first-order valence-corrected chi connectivity index (χ1v) is 8.97. The monoisotopic (exact) mass is 359 g/mol. The van der Waals surface area contributed by atoms with Gasteiger partial charge in [-0.05, 0) is 23.9 Å². The molecule has 0 spiro atoms. The molecule has 0 radical (unpaired) electrons. The maximum atomic E-state index is 12.5. The lowest BCUT2D eigenvalue weighted by molar-refractivity contribution is 0.0527. The molecule has 0 unspecified atom stereocenters. The number of nitrogens with two attached hydrogens (primary N) is 1. The van der Waals surface area contributed by atoms with Crippen LogP contribution in [0.25, 0.3) is 32.8 Å². The van der Waals surface area contributed by atoms with Gasteiger partial charge >= 0.3 is 5.97 Å². The molecule has 136 valence electrons. The first-order valence-electron chi connectivity index (χ1n) is 8.97. The number of carbonyl (C=O) groups is 1. The number of rotatable bonds is 4. The number of fused-ring (bicyclic) bond motifs is 2. The number of carbonyl (C=O) groups excluding carboxylic acids is 1. The van der Waals surface area contributed by atoms with Crippen molar-refractivity contribution in [3.63, 3.8) is 0 Å². The van der Waals surface area contributed by atoms with Crippen LogP contribution >= 0.6 is 0 Å². The molecule has 0 fully saturated rings. The second kappa shape index (κ2) is 6.85. The Morgan fingerprint density at radius 2 is 1.96 bits per heavy atom. The van der Waals surface area contributed by atoms with Crippen LogP contribution in [-0.4, -0.2) is 22.1 Å². The zero-order valence-corrected chi connectivity index (χ0v) is 15.4. The van der Waals surface area contributed by atoms with E-state index < -0.39 is 0 Å². The molecular formula is C22H21N3O2. The minimum atomic E-state index is -0.330. The molecule has 0 aliphatic rings. The Morgan fingerprint density at radius 3 is 2.74 bits per heavy atom. The summed E-state index contributed by atoms with van der Waals surface area (Å²) in [6.07, 6.45) is 3.74. The van der Waals surface area contributed by atoms with Gasteiger partial charge in [-0.15, -0.1) is 0 Å². The van der Waals surface area contributed by atoms with Crippen molar-refractivity contribution >= 4 is 27.6 Å². The largest absolute Gasteiger partial charge is 0.462 e. The van der Waals surface area contributed by atoms with E-state index in [0.29, 0.717) is 12.2 Å². The maximum absolute atomic E-state index is 12.5. The highest BCUT2D eigenvalue weighted by Crippen LogP contribution is 2.33. The van der Waals surface area contributed by atoms with Crippen LogP contribution < -0.4 is 5.73 Å². The van der Waals surface area contributed by atoms with Crippen LogP contribution in [-0.2, 0) is 18.3 Å². The molecule has 0 amide bonds. The number of hydrogen-bond donors (Lipinski definition) is 1. The highest BCUT2D eigenvalue weighted by molar-refractivity contribution is 6.07. The predicted octanol–water partition coefficient (Wildman–Crippen LogP) is 4.03. The quantitative estimate of drug-likeness (QED) is 0.559. The molecule has 0 aliphatic carbocycles. The van der Waals surface area contributed by atoms with E-state index in [1.54, 1.807) is 6.92 Å². The van der Waals surface area contributed by atoms with Gasteiger partial charge in [0.15, 0.2) is 0 Å². The van der Waals surface area contributed by atoms with Crippen molar-refractivity contribution in [1.29, 1.82) is 0 Å². The van der Waals surface area contributed by atoms with Crippen molar-refractivity contribution in [3.05, 3.63) is 66.1 Å². The molecular weight excluding hydrogens is 338 g/mol. The number of nitrogens with zero attached hydrogens (tertiary/aromatic N) is 2. The summed E-state index contributed by atoms with van der Waals surface area (Å²) in [5.74, 6) is -0.330. The summed E-state index contributed by atoms with van der Waals surface area (Å²) in [6, 6.07) is 14.3. The van der Waals surface area contributed by atoms with Gasteiger partial charge in [-0.25, -0.2) is 4.79 Å². The van der Waals surface area contributed by atoms with Crippen molar-refractivity contribution in [3.8, 4) is 11.1 Å². The lowest BCUT2D eigenvalue weighted by Gasteiger charge is -2.07. The van der Waals surface area contributed by atoms with Gasteiger partial charge in [-0.1, -0.05) is 36.4 Å². The zero-order valence-electron chi connectivity index (χ0n) is 15.4. The third-order valence-corrected chi connectivity index (χ3v) is 4.97. The SMILES string of the molecule is CCOC(=O)c1c(CN)n(C)c2cc(-c3cncc4ccccc34)ccc12. The molecule has 2 aromatic heterocycles. The van der Waals surface area contributed by atoms with Crippen molar-refractivity contribution < 1.29 is 9.53 Å². The molecule has 0 bridgehead atoms. The second-order valence-electron chi connectivity index (χ2n) is 6.45. The van der Waals surface area contributed by atoms with Crippen LogP contribution in [0.4, 0.5) is 0 Å². The Bertz CT molecular complexity index is 1160. The summed E-state index contributed by atoms with van der Waals surface area (Å²) in [4.78, 5) is 16.9. The maximum Gasteiger partial charge on any atom is 0.340 e. The normalized spacial score (nSPS) is 11.2. The van der Waals surface area contributed by atoms with Gasteiger partial charge in [0.05, 0.1) is 12.2 Å². The number of ether oxygens (including phenoxy) is 1. The number of aromatic nitrogens is 2. The fourth-order valence-electron chi connectivity index (χ4n) is 3.67. The van der Waals surface area contributed by atoms with Crippen LogP contribution in [0.5, 0.6) is 0 Å². The Hall–Kier alpha value is -3.18. The fraction of sp³-hybridized carbons (Fsp3) is 0.182. The summed E-state index contributed by atoms with van der Waals surface area (Å²) in [5, 5.41) is 3.09. The third kappa shape index (κ3) is 2.76. The topological polar surface area (TPSA) is 70.1 Å². The van der Waals surface area contributed by atoms with Gasteiger partial charge < -0.3 is 15.0 Å². The summed E-state index contributed by atoms with van der Waals surface area (Å²) >= 11 is 0. The summed E-state index contributed by atoms with van der Waals surface area (Å²) < 4.78 is 7.22. The average Bonchev–Trinajstić information content (AvgIpc) is 2.99. The van der Waals surface area contributed by atoms with E-state index in [2.05, 4.69) is 23.2 Å². The standard InChI is InChI=1S/C22H21N3O2/c1-3-27-22(26)21-17-9-8-14(10-19(17)25(2)20(21)11-23)18-13-24-12-15-6-4-5-7-16(15)18/h4-10,12-13H,3,11,23H2,1-2H3. The molecule has 0 aliphatic heterocycles. The first-order chi connectivity index (χ1) is 13.2. The molecule has 2 aromatic carbocycles. The molecule has 2 heterocycles. The number of pyridine rings is 1. The van der Waals surface area contributed by atoms with Crippen molar-refractivity contribution in [2.24, 2.45) is 12.8 Å². The predicted molar refractivity (Wildman–Crippen MR) is 108 cm³/mol. The Balaban J connectivity index is 1.95. The lowest BCUT2D eigenvalue weighted by atomic mass is 9.99. The fourth-order valence-corrected chi connectivity index (χ4v) is 3.67. The number of esters is 1. The van der Waals surface area contributed by atoms with Crippen LogP contribution in [0.1, 0.15) is 23.0 Å². The number of benzene rings is 2. The van der Waals surface area contributed by atoms with Gasteiger partial charge in [-0.2, -0.15) is 0 Å². The van der Waals surface area contributed by atoms with E-state index in [9.17, 15) is 4.79 Å². The Labute approximate surface area is 157 Å². The van der Waals surface area contributed by atoms with Crippen LogP contribution in [0.15, 0.2) is 54.9 Å². The minimum Gasteiger partial charge on any atom is -0.462 e. The van der Waals surface area contributed by atoms with Crippen LogP contribution in [0.2, 0.25) is 0 Å². The van der Waals surface area contributed by atoms with Crippen molar-refractivity contribution in [2.75, 3.05) is 6.61 Å². The lowest BCUT2D eigenvalue weighted by Crippen LogP contribution is -2.12. The molecule has 5 nitrogen and oxygen atoms in total. The number of hydrogen-bond acceptors (Lipinski definition) is 4. The first kappa shape index (κ1) is 17.2. The molecule has 4 rings (SSSR count). The van der Waals surface area contributed by atoms with Crippen molar-refractivity contribution in [2.45, 2.75) is 13.5 Å². The Kier molecular flexibility index (Phi) is 4.38. The molecule has 2 N–H and O–H groups in total. The smallest absolute Gasteiger partial charge is 0.340 e. The molecule has 27 heavy (non-hydrogen) atoms. The minimum absolute atomic E-state index is 0.268. The summed E-state index contributed by atoms with van der Waals surface area (Å²) in [6.45, 7) is 2.40. The van der Waals surface area contributed by atoms with Gasteiger partial charge in [0.1, 0.15) is 0 Å². The van der Waals surface area contributed by atoms with Crippen molar-refractivity contribution in [1.82, 2.24) is 9.55 Å². The van der Waals surface area contributed by atoms with E-state index in [-0.39, 0.29) is 12.5 Å². The number of aryl methyl sites for hydroxylation is 1. The molecule has 4 aromatic rings. The van der Waals surface area contributed by atoms with E-state index in [4.69, 9.17) is 10.5 Å². The second-order valence-corrected chi connectivity index (χ2v) is 6.45. The van der Waals surface area contributed by atoms with Crippen LogP contribution in [0.3, 0.4) is 0 Å². The van der Waals surface area contributed by atoms with Gasteiger partial charge in [0.2, 0.25) is 0 Å². The highest BCUT2D eigenvalue weighted by atomic mass is 16.5. The van der Waals surface area contributed by atoms with E-state index in [1.165, 1.54) is 0 Å². The molecule has 0 saturated carbocycles. The summed E-state index contributed by atoms with van der Waals surface area (Å²) in [7, 11) is 1.93. The molecule has 5 heteroatoms. The average molecular weight is 359 g/mol. The van der Waals surface area contributed by atoms with Gasteiger partial charge in [0.25, 0.3) is 0 Å². The van der Waals surface area contributed by atoms with E-state index in [1.807, 2.05) is 48.3 Å². The third-order valence-electron chi connectivity index (χ3n) is 4.97. The molecule has 0 saturated heterocycles. The molecule has 0 atom stereocenters. The highest BCUT2D eigenvalue weighted by Gasteiger charge is 2.21. The summed E-state index contributed by atoms with van der Waals surface area (Å²) in [5.41, 5.74) is 10.3.